The summed E-state index contributed by atoms with van der Waals surface area (Å²) in [5.74, 6) is 0.0338. The first kappa shape index (κ1) is 18.2. The van der Waals surface area contributed by atoms with Crippen molar-refractivity contribution in [3.05, 3.63) is 51.5 Å². The number of allylic oxidation sites excluding steroid dienone is 2. The van der Waals surface area contributed by atoms with Crippen LogP contribution < -0.4 is 5.73 Å². The van der Waals surface area contributed by atoms with Crippen molar-refractivity contribution in [2.75, 3.05) is 7.11 Å². The Morgan fingerprint density at radius 3 is 2.44 bits per heavy atom. The number of hydrogen-bond acceptors (Lipinski definition) is 4. The fraction of sp³-hybridized carbons (Fsp3) is 0.444. The molecule has 0 bridgehead atoms. The van der Waals surface area contributed by atoms with Crippen LogP contribution in [-0.4, -0.2) is 24.1 Å². The van der Waals surface area contributed by atoms with Gasteiger partial charge in [-0.15, -0.1) is 0 Å². The van der Waals surface area contributed by atoms with Crippen molar-refractivity contribution in [1.29, 1.82) is 0 Å². The van der Waals surface area contributed by atoms with Crippen molar-refractivity contribution in [2.24, 2.45) is 5.73 Å². The van der Waals surface area contributed by atoms with Crippen LogP contribution in [0.25, 0.3) is 0 Å². The quantitative estimate of drug-likeness (QED) is 0.837. The maximum atomic E-state index is 11.8. The Bertz CT molecular complexity index is 722. The van der Waals surface area contributed by atoms with Crippen LogP contribution in [0.1, 0.15) is 37.7 Å². The number of methoxy groups -OCH3 is 1. The van der Waals surface area contributed by atoms with Gasteiger partial charge in [-0.05, 0) is 25.0 Å². The van der Waals surface area contributed by atoms with Crippen LogP contribution >= 0.6 is 23.2 Å². The van der Waals surface area contributed by atoms with Crippen LogP contribution in [-0.2, 0) is 19.9 Å². The molecular formula is C18H20Cl2N2O3. The summed E-state index contributed by atoms with van der Waals surface area (Å²) in [4.78, 5) is 15.8. The van der Waals surface area contributed by atoms with E-state index in [1.807, 2.05) is 0 Å². The largest absolute Gasteiger partial charge is 0.498 e. The molecule has 5 nitrogen and oxygen atoms in total. The summed E-state index contributed by atoms with van der Waals surface area (Å²) in [5, 5.41) is 0.721. The molecule has 1 aromatic rings. The highest BCUT2D eigenvalue weighted by atomic mass is 35.5. The molecule has 2 N–H and O–H groups in total. The van der Waals surface area contributed by atoms with Crippen LogP contribution in [0.4, 0.5) is 0 Å². The molecule has 2 aliphatic rings. The summed E-state index contributed by atoms with van der Waals surface area (Å²) in [6.45, 7) is 0. The van der Waals surface area contributed by atoms with Crippen molar-refractivity contribution in [1.82, 2.24) is 4.98 Å². The molecule has 0 aromatic carbocycles. The van der Waals surface area contributed by atoms with Crippen molar-refractivity contribution in [3.8, 4) is 0 Å². The van der Waals surface area contributed by atoms with Gasteiger partial charge in [-0.3, -0.25) is 9.78 Å². The van der Waals surface area contributed by atoms with Crippen molar-refractivity contribution in [3.63, 3.8) is 0 Å². The van der Waals surface area contributed by atoms with E-state index in [-0.39, 0.29) is 12.5 Å². The lowest BCUT2D eigenvalue weighted by molar-refractivity contribution is -0.119. The molecule has 0 radical (unpaired) electrons. The first-order valence-corrected chi connectivity index (χ1v) is 8.96. The minimum atomic E-state index is -1.10. The molecule has 1 unspecified atom stereocenters. The highest BCUT2D eigenvalue weighted by Crippen LogP contribution is 2.49. The van der Waals surface area contributed by atoms with E-state index in [0.717, 1.165) is 25.7 Å². The Labute approximate surface area is 156 Å². The lowest BCUT2D eigenvalue weighted by Crippen LogP contribution is -2.40. The van der Waals surface area contributed by atoms with Gasteiger partial charge in [0.15, 0.2) is 5.60 Å². The molecule has 134 valence electrons. The Kier molecular flexibility index (Phi) is 5.37. The van der Waals surface area contributed by atoms with E-state index in [0.29, 0.717) is 26.9 Å². The SMILES string of the molecule is COC1=CC=C(C(N)=O)CC1(OC1CCCC1)c1c(Cl)cncc1Cl. The van der Waals surface area contributed by atoms with E-state index in [1.54, 1.807) is 19.3 Å². The number of pyridine rings is 1. The number of amides is 1. The summed E-state index contributed by atoms with van der Waals surface area (Å²) in [6.07, 6.45) is 10.7. The van der Waals surface area contributed by atoms with E-state index in [1.165, 1.54) is 12.4 Å². The molecule has 3 rings (SSSR count). The van der Waals surface area contributed by atoms with Crippen molar-refractivity contribution >= 4 is 29.1 Å². The molecule has 25 heavy (non-hydrogen) atoms. The van der Waals surface area contributed by atoms with Crippen LogP contribution in [0.5, 0.6) is 0 Å². The van der Waals surface area contributed by atoms with Gasteiger partial charge >= 0.3 is 0 Å². The molecule has 0 saturated heterocycles. The predicted molar refractivity (Wildman–Crippen MR) is 96.3 cm³/mol. The van der Waals surface area contributed by atoms with Gasteiger partial charge in [0.2, 0.25) is 5.91 Å². The zero-order valence-electron chi connectivity index (χ0n) is 13.9. The molecule has 1 fully saturated rings. The van der Waals surface area contributed by atoms with Gasteiger partial charge in [0.05, 0.1) is 23.3 Å². The summed E-state index contributed by atoms with van der Waals surface area (Å²) >= 11 is 12.9. The van der Waals surface area contributed by atoms with Gasteiger partial charge in [-0.1, -0.05) is 36.0 Å². The molecule has 0 aliphatic heterocycles. The van der Waals surface area contributed by atoms with Gasteiger partial charge in [0.25, 0.3) is 0 Å². The second kappa shape index (κ2) is 7.36. The Morgan fingerprint density at radius 2 is 1.88 bits per heavy atom. The average Bonchev–Trinajstić information content (AvgIpc) is 3.07. The number of carbonyl (C=O) groups excluding carboxylic acids is 1. The van der Waals surface area contributed by atoms with Gasteiger partial charge in [0, 0.05) is 30.0 Å². The summed E-state index contributed by atoms with van der Waals surface area (Å²) in [7, 11) is 1.56. The number of nitrogens with zero attached hydrogens (tertiary/aromatic N) is 1. The molecular weight excluding hydrogens is 363 g/mol. The van der Waals surface area contributed by atoms with Crippen LogP contribution in [0, 0.1) is 0 Å². The lowest BCUT2D eigenvalue weighted by atomic mass is 9.81. The molecule has 7 heteroatoms. The number of carbonyl (C=O) groups is 1. The second-order valence-corrected chi connectivity index (χ2v) is 7.11. The first-order valence-electron chi connectivity index (χ1n) is 8.20. The third-order valence-corrected chi connectivity index (χ3v) is 5.31. The monoisotopic (exact) mass is 382 g/mol. The number of primary amides is 1. The topological polar surface area (TPSA) is 74.4 Å². The minimum absolute atomic E-state index is 0.0334. The molecule has 2 aliphatic carbocycles. The highest BCUT2D eigenvalue weighted by molar-refractivity contribution is 6.36. The Hall–Kier alpha value is -1.56. The fourth-order valence-corrected chi connectivity index (χ4v) is 4.26. The predicted octanol–water partition coefficient (Wildman–Crippen LogP) is 3.89. The number of aromatic nitrogens is 1. The van der Waals surface area contributed by atoms with Crippen molar-refractivity contribution in [2.45, 2.75) is 43.8 Å². The first-order chi connectivity index (χ1) is 12.0. The Morgan fingerprint density at radius 1 is 1.24 bits per heavy atom. The Balaban J connectivity index is 2.16. The smallest absolute Gasteiger partial charge is 0.244 e. The number of halogens is 2. The van der Waals surface area contributed by atoms with Crippen LogP contribution in [0.3, 0.4) is 0 Å². The molecule has 0 spiro atoms. The van der Waals surface area contributed by atoms with Gasteiger partial charge in [0.1, 0.15) is 5.76 Å². The van der Waals surface area contributed by atoms with Crippen LogP contribution in [0.15, 0.2) is 35.9 Å². The normalized spacial score (nSPS) is 24.0. The average molecular weight is 383 g/mol. The zero-order chi connectivity index (χ0) is 18.0. The molecule has 1 amide bonds. The van der Waals surface area contributed by atoms with E-state index < -0.39 is 11.5 Å². The fourth-order valence-electron chi connectivity index (χ4n) is 3.59. The molecule has 1 atom stereocenters. The van der Waals surface area contributed by atoms with E-state index in [4.69, 9.17) is 38.4 Å². The summed E-state index contributed by atoms with van der Waals surface area (Å²) in [5.41, 5.74) is 5.42. The van der Waals surface area contributed by atoms with E-state index in [9.17, 15) is 4.79 Å². The molecule has 1 saturated carbocycles. The molecule has 1 heterocycles. The minimum Gasteiger partial charge on any atom is -0.498 e. The van der Waals surface area contributed by atoms with Gasteiger partial charge < -0.3 is 15.2 Å². The van der Waals surface area contributed by atoms with E-state index in [2.05, 4.69) is 4.98 Å². The van der Waals surface area contributed by atoms with Gasteiger partial charge in [-0.2, -0.15) is 0 Å². The standard InChI is InChI=1S/C18H20Cl2N2O3/c1-24-15-7-6-11(17(21)23)8-18(15,25-12-4-2-3-5-12)16-13(19)9-22-10-14(16)20/h6-7,9-10,12H,2-5,8H2,1H3,(H2,21,23). The molecule has 1 aromatic heterocycles. The number of rotatable bonds is 5. The summed E-state index contributed by atoms with van der Waals surface area (Å²) in [6, 6.07) is 0. The lowest BCUT2D eigenvalue weighted by Gasteiger charge is -2.40. The third-order valence-electron chi connectivity index (χ3n) is 4.74. The number of nitrogens with two attached hydrogens (primary N) is 1. The maximum Gasteiger partial charge on any atom is 0.244 e. The zero-order valence-corrected chi connectivity index (χ0v) is 15.4. The van der Waals surface area contributed by atoms with Crippen LogP contribution in [0.2, 0.25) is 10.0 Å². The third kappa shape index (κ3) is 3.41. The second-order valence-electron chi connectivity index (χ2n) is 6.30. The van der Waals surface area contributed by atoms with Crippen molar-refractivity contribution < 1.29 is 14.3 Å². The summed E-state index contributed by atoms with van der Waals surface area (Å²) < 4.78 is 12.1. The van der Waals surface area contributed by atoms with E-state index >= 15 is 0 Å². The number of hydrogen-bond donors (Lipinski definition) is 1. The highest BCUT2D eigenvalue weighted by Gasteiger charge is 2.47. The van der Waals surface area contributed by atoms with Gasteiger partial charge in [-0.25, -0.2) is 0 Å². The maximum absolute atomic E-state index is 11.8. The number of ether oxygens (including phenoxy) is 2.